The summed E-state index contributed by atoms with van der Waals surface area (Å²) in [5.74, 6) is -2.09. The van der Waals surface area contributed by atoms with Crippen LogP contribution >= 0.6 is 0 Å². The largest absolute Gasteiger partial charge is 0.506 e. The van der Waals surface area contributed by atoms with Crippen molar-refractivity contribution < 1.29 is 27.0 Å². The van der Waals surface area contributed by atoms with Gasteiger partial charge in [0.15, 0.2) is 0 Å². The molecule has 0 aliphatic rings. The van der Waals surface area contributed by atoms with Gasteiger partial charge in [-0.1, -0.05) is 0 Å². The summed E-state index contributed by atoms with van der Waals surface area (Å²) in [5, 5.41) is 9.68. The summed E-state index contributed by atoms with van der Waals surface area (Å²) < 4.78 is 57.5. The summed E-state index contributed by atoms with van der Waals surface area (Å²) >= 11 is 0. The molecular formula is C13H11F2NO4S. The third kappa shape index (κ3) is 3.22. The van der Waals surface area contributed by atoms with Crippen molar-refractivity contribution in [3.63, 3.8) is 0 Å². The molecule has 0 radical (unpaired) electrons. The molecule has 0 saturated carbocycles. The Hall–Kier alpha value is -2.35. The lowest BCUT2D eigenvalue weighted by atomic mass is 10.3. The summed E-state index contributed by atoms with van der Waals surface area (Å²) in [5.41, 5.74) is -0.181. The number of ether oxygens (including phenoxy) is 1. The Labute approximate surface area is 119 Å². The fourth-order valence-electron chi connectivity index (χ4n) is 1.61. The van der Waals surface area contributed by atoms with Crippen LogP contribution in [0.25, 0.3) is 0 Å². The smallest absolute Gasteiger partial charge is 0.265 e. The average molecular weight is 315 g/mol. The van der Waals surface area contributed by atoms with E-state index in [-0.39, 0.29) is 5.69 Å². The number of hydrogen-bond acceptors (Lipinski definition) is 4. The third-order valence-electron chi connectivity index (χ3n) is 2.63. The Balaban J connectivity index is 2.40. The molecule has 2 aromatic rings. The van der Waals surface area contributed by atoms with E-state index < -0.39 is 32.3 Å². The number of halogens is 2. The molecule has 2 rings (SSSR count). The monoisotopic (exact) mass is 315 g/mol. The highest BCUT2D eigenvalue weighted by atomic mass is 32.2. The highest BCUT2D eigenvalue weighted by Crippen LogP contribution is 2.30. The Kier molecular flexibility index (Phi) is 3.99. The van der Waals surface area contributed by atoms with Crippen LogP contribution in [-0.4, -0.2) is 20.6 Å². The molecule has 0 bridgehead atoms. The summed E-state index contributed by atoms with van der Waals surface area (Å²) in [6.07, 6.45) is 0. The van der Waals surface area contributed by atoms with Gasteiger partial charge in [0, 0.05) is 6.07 Å². The van der Waals surface area contributed by atoms with Crippen molar-refractivity contribution in [2.75, 3.05) is 11.8 Å². The highest BCUT2D eigenvalue weighted by Gasteiger charge is 2.21. The predicted octanol–water partition coefficient (Wildman–Crippen LogP) is 2.48. The van der Waals surface area contributed by atoms with E-state index >= 15 is 0 Å². The van der Waals surface area contributed by atoms with Gasteiger partial charge in [0.25, 0.3) is 10.0 Å². The number of hydrogen-bond donors (Lipinski definition) is 2. The first-order valence-corrected chi connectivity index (χ1v) is 7.16. The number of phenolic OH excluding ortho intramolecular Hbond substituents is 1. The van der Waals surface area contributed by atoms with Gasteiger partial charge in [-0.25, -0.2) is 17.2 Å². The van der Waals surface area contributed by atoms with Crippen LogP contribution in [-0.2, 0) is 10.0 Å². The lowest BCUT2D eigenvalue weighted by molar-refractivity contribution is 0.408. The molecule has 0 aliphatic heterocycles. The van der Waals surface area contributed by atoms with Crippen molar-refractivity contribution in [3.05, 3.63) is 48.0 Å². The van der Waals surface area contributed by atoms with Crippen molar-refractivity contribution in [1.29, 1.82) is 0 Å². The number of phenols is 1. The van der Waals surface area contributed by atoms with Gasteiger partial charge in [0.05, 0.1) is 12.8 Å². The van der Waals surface area contributed by atoms with E-state index in [2.05, 4.69) is 0 Å². The number of nitrogens with one attached hydrogen (secondary N) is 1. The zero-order chi connectivity index (χ0) is 15.6. The Morgan fingerprint density at radius 1 is 1.14 bits per heavy atom. The molecule has 0 aromatic heterocycles. The number of aromatic hydroxyl groups is 1. The molecule has 0 amide bonds. The maximum Gasteiger partial charge on any atom is 0.265 e. The van der Waals surface area contributed by atoms with Crippen molar-refractivity contribution in [2.24, 2.45) is 0 Å². The number of anilines is 1. The Bertz CT molecular complexity index is 778. The summed E-state index contributed by atoms with van der Waals surface area (Å²) in [4.78, 5) is -0.849. The Morgan fingerprint density at radius 2 is 1.86 bits per heavy atom. The summed E-state index contributed by atoms with van der Waals surface area (Å²) in [6, 6.07) is 5.89. The molecule has 21 heavy (non-hydrogen) atoms. The first-order chi connectivity index (χ1) is 9.83. The maximum atomic E-state index is 13.5. The minimum absolute atomic E-state index is 0.181. The van der Waals surface area contributed by atoms with Gasteiger partial charge in [-0.2, -0.15) is 0 Å². The van der Waals surface area contributed by atoms with Crippen molar-refractivity contribution in [2.45, 2.75) is 4.90 Å². The van der Waals surface area contributed by atoms with E-state index in [1.54, 1.807) is 0 Å². The topological polar surface area (TPSA) is 75.6 Å². The lowest BCUT2D eigenvalue weighted by Crippen LogP contribution is -2.15. The molecule has 5 nitrogen and oxygen atoms in total. The summed E-state index contributed by atoms with van der Waals surface area (Å²) in [7, 11) is -3.00. The second kappa shape index (κ2) is 5.57. The maximum absolute atomic E-state index is 13.5. The van der Waals surface area contributed by atoms with Gasteiger partial charge in [0.1, 0.15) is 28.0 Å². The lowest BCUT2D eigenvalue weighted by Gasteiger charge is -2.11. The standard InChI is InChI=1S/C13H11F2NO4S/c1-20-9-3-5-11(12(17)7-9)16-21(18,19)13-6-8(14)2-4-10(13)15/h2-7,16-17H,1H3. The van der Waals surface area contributed by atoms with Crippen LogP contribution in [0.1, 0.15) is 0 Å². The molecule has 112 valence electrons. The molecule has 0 heterocycles. The number of rotatable bonds is 4. The zero-order valence-corrected chi connectivity index (χ0v) is 11.6. The van der Waals surface area contributed by atoms with Crippen LogP contribution < -0.4 is 9.46 Å². The predicted molar refractivity (Wildman–Crippen MR) is 71.8 cm³/mol. The van der Waals surface area contributed by atoms with Crippen LogP contribution in [0.5, 0.6) is 11.5 Å². The number of benzene rings is 2. The van der Waals surface area contributed by atoms with Gasteiger partial charge in [-0.15, -0.1) is 0 Å². The quantitative estimate of drug-likeness (QED) is 0.850. The minimum atomic E-state index is -4.37. The zero-order valence-electron chi connectivity index (χ0n) is 10.8. The molecule has 0 spiro atoms. The molecule has 0 fully saturated rings. The number of methoxy groups -OCH3 is 1. The van der Waals surface area contributed by atoms with E-state index in [0.29, 0.717) is 17.9 Å². The molecule has 0 unspecified atom stereocenters. The molecule has 2 aromatic carbocycles. The molecule has 8 heteroatoms. The van der Waals surface area contributed by atoms with E-state index in [0.717, 1.165) is 6.07 Å². The molecule has 2 N–H and O–H groups in total. The van der Waals surface area contributed by atoms with Crippen LogP contribution in [0.4, 0.5) is 14.5 Å². The van der Waals surface area contributed by atoms with Gasteiger partial charge in [-0.3, -0.25) is 4.72 Å². The van der Waals surface area contributed by atoms with E-state index in [1.165, 1.54) is 25.3 Å². The summed E-state index contributed by atoms with van der Waals surface area (Å²) in [6.45, 7) is 0. The Morgan fingerprint density at radius 3 is 2.48 bits per heavy atom. The SMILES string of the molecule is COc1ccc(NS(=O)(=O)c2cc(F)ccc2F)c(O)c1. The number of sulfonamides is 1. The van der Waals surface area contributed by atoms with E-state index in [4.69, 9.17) is 4.74 Å². The van der Waals surface area contributed by atoms with Gasteiger partial charge in [-0.05, 0) is 30.3 Å². The molecule has 0 atom stereocenters. The van der Waals surface area contributed by atoms with Crippen LogP contribution in [0.2, 0.25) is 0 Å². The fourth-order valence-corrected chi connectivity index (χ4v) is 2.77. The van der Waals surface area contributed by atoms with Gasteiger partial charge in [0.2, 0.25) is 0 Å². The first-order valence-electron chi connectivity index (χ1n) is 5.68. The van der Waals surface area contributed by atoms with Crippen molar-refractivity contribution in [3.8, 4) is 11.5 Å². The highest BCUT2D eigenvalue weighted by molar-refractivity contribution is 7.92. The van der Waals surface area contributed by atoms with Gasteiger partial charge >= 0.3 is 0 Å². The van der Waals surface area contributed by atoms with E-state index in [9.17, 15) is 22.3 Å². The van der Waals surface area contributed by atoms with Gasteiger partial charge < -0.3 is 9.84 Å². The van der Waals surface area contributed by atoms with Crippen LogP contribution in [0.3, 0.4) is 0 Å². The fraction of sp³-hybridized carbons (Fsp3) is 0.0769. The molecular weight excluding hydrogens is 304 g/mol. The van der Waals surface area contributed by atoms with Crippen LogP contribution in [0.15, 0.2) is 41.3 Å². The van der Waals surface area contributed by atoms with Crippen LogP contribution in [0, 0.1) is 11.6 Å². The first kappa shape index (κ1) is 15.0. The minimum Gasteiger partial charge on any atom is -0.506 e. The normalized spacial score (nSPS) is 11.2. The molecule has 0 saturated heterocycles. The second-order valence-electron chi connectivity index (χ2n) is 4.06. The second-order valence-corrected chi connectivity index (χ2v) is 5.71. The van der Waals surface area contributed by atoms with Crippen molar-refractivity contribution in [1.82, 2.24) is 0 Å². The average Bonchev–Trinajstić information content (AvgIpc) is 2.43. The van der Waals surface area contributed by atoms with E-state index in [1.807, 2.05) is 4.72 Å². The third-order valence-corrected chi connectivity index (χ3v) is 4.01. The van der Waals surface area contributed by atoms with Crippen molar-refractivity contribution >= 4 is 15.7 Å². The molecule has 0 aliphatic carbocycles.